The molecule has 0 bridgehead atoms. The third-order valence-electron chi connectivity index (χ3n) is 3.27. The molecular formula is C17H18N4O3. The zero-order valence-corrected chi connectivity index (χ0v) is 12.8. The van der Waals surface area contributed by atoms with Crippen molar-refractivity contribution in [3.8, 4) is 0 Å². The predicted octanol–water partition coefficient (Wildman–Crippen LogP) is 1.02. The van der Waals surface area contributed by atoms with E-state index in [1.165, 1.54) is 0 Å². The molecule has 0 saturated heterocycles. The smallest absolute Gasteiger partial charge is 0.326 e. The predicted molar refractivity (Wildman–Crippen MR) is 90.9 cm³/mol. The maximum Gasteiger partial charge on any atom is 0.326 e. The van der Waals surface area contributed by atoms with Crippen LogP contribution in [0.15, 0.2) is 59.6 Å². The van der Waals surface area contributed by atoms with E-state index in [-0.39, 0.29) is 12.4 Å². The van der Waals surface area contributed by atoms with E-state index in [0.29, 0.717) is 11.3 Å². The van der Waals surface area contributed by atoms with Crippen molar-refractivity contribution in [1.29, 1.82) is 0 Å². The lowest BCUT2D eigenvalue weighted by Gasteiger charge is -2.15. The number of aliphatic imine (C=N–C) groups is 1. The fraction of sp³-hybridized carbons (Fsp3) is 0.118. The fourth-order valence-electron chi connectivity index (χ4n) is 2.12. The van der Waals surface area contributed by atoms with Crippen LogP contribution in [-0.2, 0) is 11.2 Å². The number of amides is 1. The first kappa shape index (κ1) is 17.0. The number of carbonyl (C=O) groups excluding carboxylic acids is 1. The second-order valence-corrected chi connectivity index (χ2v) is 5.14. The van der Waals surface area contributed by atoms with Gasteiger partial charge in [0.2, 0.25) is 0 Å². The second kappa shape index (κ2) is 7.77. The minimum absolute atomic E-state index is 0.0544. The van der Waals surface area contributed by atoms with Gasteiger partial charge in [-0.25, -0.2) is 9.79 Å². The Morgan fingerprint density at radius 2 is 1.67 bits per heavy atom. The van der Waals surface area contributed by atoms with Crippen molar-refractivity contribution in [3.63, 3.8) is 0 Å². The SMILES string of the molecule is NC(N)=Nc1ccc(C[C@H](NC(=O)c2ccccc2)C(=O)O)cc1. The van der Waals surface area contributed by atoms with Crippen LogP contribution in [0, 0.1) is 0 Å². The summed E-state index contributed by atoms with van der Waals surface area (Å²) in [6, 6.07) is 14.2. The monoisotopic (exact) mass is 326 g/mol. The topological polar surface area (TPSA) is 131 Å². The average Bonchev–Trinajstić information content (AvgIpc) is 2.56. The molecule has 7 nitrogen and oxygen atoms in total. The van der Waals surface area contributed by atoms with Gasteiger partial charge in [-0.05, 0) is 29.8 Å². The first-order valence-electron chi connectivity index (χ1n) is 7.23. The van der Waals surface area contributed by atoms with Gasteiger partial charge < -0.3 is 21.9 Å². The second-order valence-electron chi connectivity index (χ2n) is 5.14. The molecule has 1 atom stereocenters. The van der Waals surface area contributed by atoms with Crippen molar-refractivity contribution in [3.05, 3.63) is 65.7 Å². The van der Waals surface area contributed by atoms with E-state index in [0.717, 1.165) is 5.56 Å². The van der Waals surface area contributed by atoms with Crippen LogP contribution in [0.3, 0.4) is 0 Å². The van der Waals surface area contributed by atoms with E-state index >= 15 is 0 Å². The Hall–Kier alpha value is -3.35. The van der Waals surface area contributed by atoms with Crippen molar-refractivity contribution >= 4 is 23.5 Å². The third-order valence-corrected chi connectivity index (χ3v) is 3.27. The van der Waals surface area contributed by atoms with Crippen molar-refractivity contribution in [2.75, 3.05) is 0 Å². The number of aliphatic carboxylic acids is 1. The maximum atomic E-state index is 12.1. The molecule has 2 aromatic carbocycles. The van der Waals surface area contributed by atoms with Gasteiger partial charge in [0.15, 0.2) is 5.96 Å². The molecule has 0 fully saturated rings. The first-order valence-corrected chi connectivity index (χ1v) is 7.23. The highest BCUT2D eigenvalue weighted by atomic mass is 16.4. The summed E-state index contributed by atoms with van der Waals surface area (Å²) >= 11 is 0. The van der Waals surface area contributed by atoms with Crippen LogP contribution in [0.25, 0.3) is 0 Å². The quantitative estimate of drug-likeness (QED) is 0.465. The number of carbonyl (C=O) groups is 2. The number of hydrogen-bond donors (Lipinski definition) is 4. The van der Waals surface area contributed by atoms with Crippen LogP contribution in [0.5, 0.6) is 0 Å². The maximum absolute atomic E-state index is 12.1. The zero-order chi connectivity index (χ0) is 17.5. The fourth-order valence-corrected chi connectivity index (χ4v) is 2.12. The van der Waals surface area contributed by atoms with Crippen LogP contribution >= 0.6 is 0 Å². The molecule has 2 aromatic rings. The minimum atomic E-state index is -1.10. The number of guanidine groups is 1. The van der Waals surface area contributed by atoms with Gasteiger partial charge in [-0.3, -0.25) is 4.79 Å². The lowest BCUT2D eigenvalue weighted by molar-refractivity contribution is -0.139. The van der Waals surface area contributed by atoms with Crippen LogP contribution in [0.2, 0.25) is 0 Å². The summed E-state index contributed by atoms with van der Waals surface area (Å²) in [7, 11) is 0. The summed E-state index contributed by atoms with van der Waals surface area (Å²) in [5, 5.41) is 11.9. The Labute approximate surface area is 139 Å². The Morgan fingerprint density at radius 3 is 2.21 bits per heavy atom. The number of benzene rings is 2. The molecule has 0 unspecified atom stereocenters. The Bertz CT molecular complexity index is 738. The molecule has 0 aliphatic carbocycles. The lowest BCUT2D eigenvalue weighted by Crippen LogP contribution is -2.42. The van der Waals surface area contributed by atoms with E-state index in [1.54, 1.807) is 54.6 Å². The van der Waals surface area contributed by atoms with Gasteiger partial charge >= 0.3 is 5.97 Å². The molecule has 124 valence electrons. The molecule has 1 amide bonds. The van der Waals surface area contributed by atoms with Crippen LogP contribution in [0.1, 0.15) is 15.9 Å². The summed E-state index contributed by atoms with van der Waals surface area (Å²) in [6.45, 7) is 0. The van der Waals surface area contributed by atoms with Gasteiger partial charge in [-0.1, -0.05) is 30.3 Å². The highest BCUT2D eigenvalue weighted by molar-refractivity contribution is 5.96. The number of nitrogens with two attached hydrogens (primary N) is 2. The number of nitrogens with zero attached hydrogens (tertiary/aromatic N) is 1. The van der Waals surface area contributed by atoms with E-state index < -0.39 is 17.9 Å². The van der Waals surface area contributed by atoms with Gasteiger partial charge in [-0.2, -0.15) is 0 Å². The highest BCUT2D eigenvalue weighted by Crippen LogP contribution is 2.14. The summed E-state index contributed by atoms with van der Waals surface area (Å²) in [5.41, 5.74) is 12.3. The van der Waals surface area contributed by atoms with Crippen LogP contribution in [0.4, 0.5) is 5.69 Å². The van der Waals surface area contributed by atoms with Crippen molar-refractivity contribution < 1.29 is 14.7 Å². The minimum Gasteiger partial charge on any atom is -0.480 e. The Morgan fingerprint density at radius 1 is 1.04 bits per heavy atom. The zero-order valence-electron chi connectivity index (χ0n) is 12.8. The van der Waals surface area contributed by atoms with E-state index in [4.69, 9.17) is 11.5 Å². The largest absolute Gasteiger partial charge is 0.480 e. The molecular weight excluding hydrogens is 308 g/mol. The van der Waals surface area contributed by atoms with E-state index in [9.17, 15) is 14.7 Å². The molecule has 24 heavy (non-hydrogen) atoms. The molecule has 0 aliphatic heterocycles. The van der Waals surface area contributed by atoms with Crippen molar-refractivity contribution in [2.24, 2.45) is 16.5 Å². The van der Waals surface area contributed by atoms with Crippen molar-refractivity contribution in [1.82, 2.24) is 5.32 Å². The van der Waals surface area contributed by atoms with Gasteiger partial charge in [0.1, 0.15) is 6.04 Å². The van der Waals surface area contributed by atoms with Gasteiger partial charge in [0.25, 0.3) is 5.91 Å². The number of nitrogens with one attached hydrogen (secondary N) is 1. The number of carboxylic acids is 1. The normalized spacial score (nSPS) is 11.3. The number of hydrogen-bond acceptors (Lipinski definition) is 3. The molecule has 2 rings (SSSR count). The highest BCUT2D eigenvalue weighted by Gasteiger charge is 2.21. The summed E-state index contributed by atoms with van der Waals surface area (Å²) < 4.78 is 0. The molecule has 0 saturated carbocycles. The van der Waals surface area contributed by atoms with Crippen LogP contribution < -0.4 is 16.8 Å². The van der Waals surface area contributed by atoms with Crippen LogP contribution in [-0.4, -0.2) is 29.0 Å². The standard InChI is InChI=1S/C17H18N4O3/c18-17(19)20-13-8-6-11(7-9-13)10-14(16(23)24)21-15(22)12-4-2-1-3-5-12/h1-9,14H,10H2,(H,21,22)(H,23,24)(H4,18,19,20)/t14-/m0/s1. The third kappa shape index (κ3) is 4.84. The summed E-state index contributed by atoms with van der Waals surface area (Å²) in [4.78, 5) is 27.4. The molecule has 0 spiro atoms. The first-order chi connectivity index (χ1) is 11.5. The Balaban J connectivity index is 2.07. The molecule has 0 aromatic heterocycles. The Kier molecular flexibility index (Phi) is 5.51. The molecule has 7 heteroatoms. The van der Waals surface area contributed by atoms with Crippen molar-refractivity contribution in [2.45, 2.75) is 12.5 Å². The number of rotatable bonds is 6. The van der Waals surface area contributed by atoms with E-state index in [1.807, 2.05) is 0 Å². The van der Waals surface area contributed by atoms with Gasteiger partial charge in [-0.15, -0.1) is 0 Å². The van der Waals surface area contributed by atoms with E-state index in [2.05, 4.69) is 10.3 Å². The van der Waals surface area contributed by atoms with Gasteiger partial charge in [0, 0.05) is 12.0 Å². The summed E-state index contributed by atoms with van der Waals surface area (Å²) in [6.07, 6.45) is 0.149. The summed E-state index contributed by atoms with van der Waals surface area (Å²) in [5.74, 6) is -1.59. The molecule has 0 heterocycles. The molecule has 6 N–H and O–H groups in total. The lowest BCUT2D eigenvalue weighted by atomic mass is 10.0. The van der Waals surface area contributed by atoms with Gasteiger partial charge in [0.05, 0.1) is 5.69 Å². The average molecular weight is 326 g/mol. The number of carboxylic acid groups (broad SMARTS) is 1. The molecule has 0 radical (unpaired) electrons. The molecule has 0 aliphatic rings.